The van der Waals surface area contributed by atoms with Gasteiger partial charge in [0.25, 0.3) is 0 Å². The average Bonchev–Trinajstić information content (AvgIpc) is 1.56. The van der Waals surface area contributed by atoms with Gasteiger partial charge in [-0.15, -0.1) is 0 Å². The highest BCUT2D eigenvalue weighted by Crippen LogP contribution is 2.53. The van der Waals surface area contributed by atoms with Crippen LogP contribution in [0.25, 0.3) is 240 Å². The molecule has 26 aromatic carbocycles. The van der Waals surface area contributed by atoms with Crippen molar-refractivity contribution in [1.82, 2.24) is 0 Å². The Morgan fingerprint density at radius 3 is 0.294 bits per heavy atom. The molecule has 26 aromatic rings. The summed E-state index contributed by atoms with van der Waals surface area (Å²) in [5.74, 6) is 0. The molecule has 0 bridgehead atoms. The van der Waals surface area contributed by atoms with Gasteiger partial charge in [-0.2, -0.15) is 0 Å². The number of hydrogen-bond acceptors (Lipinski definition) is 0. The maximum absolute atomic E-state index is 2.49. The first kappa shape index (κ1) is 75.0. The van der Waals surface area contributed by atoms with Crippen molar-refractivity contribution in [3.05, 3.63) is 502 Å². The average molecular weight is 1720 g/mol. The highest BCUT2D eigenvalue weighted by atomic mass is 14.4. The third-order valence-corrected chi connectivity index (χ3v) is 32.2. The molecule has 0 heteroatoms. The van der Waals surface area contributed by atoms with Crippen molar-refractivity contribution in [3.8, 4) is 89.0 Å². The monoisotopic (exact) mass is 1720 g/mol. The van der Waals surface area contributed by atoms with E-state index in [0.29, 0.717) is 0 Å². The Labute approximate surface area is 786 Å². The van der Waals surface area contributed by atoms with Crippen molar-refractivity contribution in [2.75, 3.05) is 0 Å². The molecule has 0 amide bonds. The first-order valence-corrected chi connectivity index (χ1v) is 48.6. The van der Waals surface area contributed by atoms with E-state index < -0.39 is 0 Å². The van der Waals surface area contributed by atoms with Crippen LogP contribution < -0.4 is 0 Å². The lowest BCUT2D eigenvalue weighted by molar-refractivity contribution is 1.24. The molecule has 0 spiro atoms. The van der Waals surface area contributed by atoms with Crippen LogP contribution in [0.3, 0.4) is 0 Å². The second-order valence-electron chi connectivity index (χ2n) is 40.1. The first-order chi connectivity index (χ1) is 67.1. The van der Waals surface area contributed by atoms with Gasteiger partial charge in [-0.1, -0.05) is 267 Å². The molecule has 0 aromatic heterocycles. The molecule has 0 fully saturated rings. The molecule has 34 rings (SSSR count). The van der Waals surface area contributed by atoms with E-state index >= 15 is 0 Å². The maximum Gasteiger partial charge on any atom is -0.00130 e. The Balaban J connectivity index is 0.0000000851. The van der Waals surface area contributed by atoms with Gasteiger partial charge in [-0.05, 0) is 526 Å². The molecule has 0 N–H and O–H groups in total. The zero-order chi connectivity index (χ0) is 88.4. The standard InChI is InChI=1S/C40H24.C36H22.C32H20.C28H18/c1-3-7-25-11-29-19-37-33(13-27(29)9-23(25)5-1)17-35-15-31-22-40-36(16-32(31)21-39(35)37)18-34-14-28-10-24-6-2-4-8-26(24)12-30(28)20-38(34)40;1-3-7-23-11-27-17-33-29(13-25(27)9-21(23)5-1)15-31-19-36-32(20-35(31)33)16-30-14-26-10-22-6-2-4-8-24(22)12-28(26)18-34(30)36;1-3-7-21-15-29-25(9-19(21)5-1)13-27-11-23-18-32-28(12-24(23)17-31(27)29)14-26-10-20-6-2-4-8-22(20)16-30(26)32;1-3-7-19-13-25-21(9-17(19)5-1)11-23-15-28-24(16-27(23)25)12-22-10-18-6-2-4-8-20(18)14-26(22)28/h1-16,19-22H,17-18H2;1-14,17-20H,15-16H2;1-12,15-18H,13-14H2;1-10,13-16H,11-12H2. The van der Waals surface area contributed by atoms with E-state index in [2.05, 4.69) is 413 Å². The number of hydrogen-bond donors (Lipinski definition) is 0. The topological polar surface area (TPSA) is 0 Å². The third kappa shape index (κ3) is 11.8. The van der Waals surface area contributed by atoms with E-state index in [1.165, 1.54) is 329 Å². The zero-order valence-corrected chi connectivity index (χ0v) is 74.9. The summed E-state index contributed by atoms with van der Waals surface area (Å²) in [5.41, 5.74) is 46.1. The fourth-order valence-corrected chi connectivity index (χ4v) is 25.6. The molecule has 628 valence electrons. The molecule has 0 atom stereocenters. The van der Waals surface area contributed by atoms with E-state index in [-0.39, 0.29) is 0 Å². The van der Waals surface area contributed by atoms with Crippen LogP contribution in [0.1, 0.15) is 89.0 Å². The van der Waals surface area contributed by atoms with Gasteiger partial charge in [0.05, 0.1) is 0 Å². The van der Waals surface area contributed by atoms with E-state index in [1.807, 2.05) is 0 Å². The summed E-state index contributed by atoms with van der Waals surface area (Å²) in [6.07, 6.45) is 8.22. The molecule has 0 radical (unpaired) electrons. The molecule has 0 heterocycles. The predicted molar refractivity (Wildman–Crippen MR) is 577 cm³/mol. The number of rotatable bonds is 0. The lowest BCUT2D eigenvalue weighted by Gasteiger charge is -2.10. The van der Waals surface area contributed by atoms with Crippen molar-refractivity contribution in [1.29, 1.82) is 0 Å². The maximum atomic E-state index is 2.49. The van der Waals surface area contributed by atoms with Crippen LogP contribution in [-0.2, 0) is 51.4 Å². The van der Waals surface area contributed by atoms with Gasteiger partial charge in [0.1, 0.15) is 0 Å². The lowest BCUT2D eigenvalue weighted by Crippen LogP contribution is -1.85. The quantitative estimate of drug-likeness (QED) is 0.133. The van der Waals surface area contributed by atoms with Crippen molar-refractivity contribution in [2.45, 2.75) is 51.4 Å². The summed E-state index contributed by atoms with van der Waals surface area (Å²) in [4.78, 5) is 0. The molecule has 0 aliphatic heterocycles. The largest absolute Gasteiger partial charge is 0.0616 e. The Hall–Kier alpha value is -16.6. The number of fused-ring (bicyclic) bond motifs is 38. The predicted octanol–water partition coefficient (Wildman–Crippen LogP) is 35.5. The lowest BCUT2D eigenvalue weighted by atomic mass is 9.94. The minimum absolute atomic E-state index is 1.01. The zero-order valence-electron chi connectivity index (χ0n) is 74.9. The van der Waals surface area contributed by atoms with E-state index in [1.54, 1.807) is 0 Å². The van der Waals surface area contributed by atoms with Gasteiger partial charge < -0.3 is 0 Å². The van der Waals surface area contributed by atoms with Gasteiger partial charge in [-0.3, -0.25) is 0 Å². The Kier molecular flexibility index (Phi) is 15.7. The molecule has 0 saturated carbocycles. The smallest absolute Gasteiger partial charge is 0.00130 e. The minimum atomic E-state index is 1.01. The number of benzene rings is 26. The summed E-state index contributed by atoms with van der Waals surface area (Å²) in [6, 6.07) is 156. The molecule has 0 nitrogen and oxygen atoms in total. The van der Waals surface area contributed by atoms with Crippen molar-refractivity contribution >= 4 is 151 Å². The normalized spacial score (nSPS) is 13.4. The Morgan fingerprint density at radius 2 is 0.154 bits per heavy atom. The van der Waals surface area contributed by atoms with Crippen LogP contribution in [0.2, 0.25) is 0 Å². The summed E-state index contributed by atoms with van der Waals surface area (Å²) in [7, 11) is 0. The summed E-state index contributed by atoms with van der Waals surface area (Å²) < 4.78 is 0. The Bertz CT molecular complexity index is 9430. The molecule has 136 heavy (non-hydrogen) atoms. The molecular weight excluding hydrogens is 1630 g/mol. The summed E-state index contributed by atoms with van der Waals surface area (Å²) in [6.45, 7) is 0. The van der Waals surface area contributed by atoms with Crippen molar-refractivity contribution in [3.63, 3.8) is 0 Å². The molecule has 8 aliphatic carbocycles. The van der Waals surface area contributed by atoms with Crippen LogP contribution in [-0.4, -0.2) is 0 Å². The molecule has 0 unspecified atom stereocenters. The van der Waals surface area contributed by atoms with Gasteiger partial charge in [0, 0.05) is 0 Å². The SMILES string of the molecule is c1ccc2cc3c(cc2c1)Cc1cc2c(cc1-3)Cc1cc3ccccc3cc1-2.c1ccc2cc3c(cc2c1)Cc1cc2cc4c(cc2cc1-3)Cc1cc2ccccc2cc1-4.c1ccc2cc3cc4c(cc3cc2c1)Cc1cc2c(cc1-4)Cc1cc3cc4ccccc4cc3cc1-2.c1ccc2cc3cc4c(cc3cc2c1)Cc1cc2cc3c(cc2cc1-4)Cc1cc2cc4ccccc4cc2cc1-3. The van der Waals surface area contributed by atoms with Crippen LogP contribution in [0.4, 0.5) is 0 Å². The van der Waals surface area contributed by atoms with Crippen LogP contribution in [0.15, 0.2) is 413 Å². The van der Waals surface area contributed by atoms with Crippen LogP contribution in [0.5, 0.6) is 0 Å². The second-order valence-corrected chi connectivity index (χ2v) is 40.1. The van der Waals surface area contributed by atoms with Crippen LogP contribution >= 0.6 is 0 Å². The highest BCUT2D eigenvalue weighted by molar-refractivity contribution is 6.10. The van der Waals surface area contributed by atoms with Gasteiger partial charge in [0.2, 0.25) is 0 Å². The summed E-state index contributed by atoms with van der Waals surface area (Å²) >= 11 is 0. The molecular formula is C136H84. The van der Waals surface area contributed by atoms with Crippen LogP contribution in [0, 0.1) is 0 Å². The minimum Gasteiger partial charge on any atom is -0.0616 e. The van der Waals surface area contributed by atoms with Crippen molar-refractivity contribution in [2.24, 2.45) is 0 Å². The molecule has 8 aliphatic rings. The van der Waals surface area contributed by atoms with E-state index in [4.69, 9.17) is 0 Å². The van der Waals surface area contributed by atoms with Gasteiger partial charge in [-0.25, -0.2) is 0 Å². The Morgan fingerprint density at radius 1 is 0.0735 bits per heavy atom. The third-order valence-electron chi connectivity index (χ3n) is 32.2. The summed E-state index contributed by atoms with van der Waals surface area (Å²) in [5, 5.41) is 37.3. The fraction of sp³-hybridized carbons (Fsp3) is 0.0588. The van der Waals surface area contributed by atoms with Crippen molar-refractivity contribution < 1.29 is 0 Å². The second kappa shape index (κ2) is 28.5. The highest BCUT2D eigenvalue weighted by Gasteiger charge is 2.32. The van der Waals surface area contributed by atoms with E-state index in [9.17, 15) is 0 Å². The van der Waals surface area contributed by atoms with Gasteiger partial charge >= 0.3 is 0 Å². The first-order valence-electron chi connectivity index (χ1n) is 48.6. The van der Waals surface area contributed by atoms with E-state index in [0.717, 1.165) is 51.4 Å². The van der Waals surface area contributed by atoms with Gasteiger partial charge in [0.15, 0.2) is 0 Å². The fourth-order valence-electron chi connectivity index (χ4n) is 25.6. The molecule has 0 saturated heterocycles.